The summed E-state index contributed by atoms with van der Waals surface area (Å²) in [6.07, 6.45) is 2.08. The lowest BCUT2D eigenvalue weighted by Crippen LogP contribution is -2.32. The Hall–Kier alpha value is 0.0600. The fraction of sp³-hybridized carbons (Fsp3) is 0.692. The van der Waals surface area contributed by atoms with Crippen LogP contribution in [-0.2, 0) is 15.9 Å². The summed E-state index contributed by atoms with van der Waals surface area (Å²) < 4.78 is 11.7. The van der Waals surface area contributed by atoms with E-state index in [9.17, 15) is 0 Å². The van der Waals surface area contributed by atoms with Crippen LogP contribution in [0.15, 0.2) is 15.9 Å². The van der Waals surface area contributed by atoms with Gasteiger partial charge in [0.05, 0.1) is 13.2 Å². The van der Waals surface area contributed by atoms with Gasteiger partial charge in [0.25, 0.3) is 0 Å². The molecular weight excluding hydrogens is 314 g/mol. The highest BCUT2D eigenvalue weighted by molar-refractivity contribution is 9.10. The topological polar surface area (TPSA) is 30.5 Å². The van der Waals surface area contributed by atoms with Crippen LogP contribution in [0.1, 0.15) is 18.2 Å². The number of likely N-dealkylation sites (N-methyl/N-ethyl adjacent to an activating group) is 1. The first-order valence-corrected chi connectivity index (χ1v) is 7.97. The van der Waals surface area contributed by atoms with Gasteiger partial charge in [-0.25, -0.2) is 0 Å². The standard InChI is InChI=1S/C13H22BrNO2S/c1-3-15-11(4-6-17-8-7-16-2)10-13-12(14)5-9-18-13/h5,9,11,15H,3-4,6-8,10H2,1-2H3. The lowest BCUT2D eigenvalue weighted by molar-refractivity contribution is 0.0659. The van der Waals surface area contributed by atoms with E-state index in [4.69, 9.17) is 9.47 Å². The summed E-state index contributed by atoms with van der Waals surface area (Å²) in [5.41, 5.74) is 0. The molecule has 0 saturated heterocycles. The molecule has 0 saturated carbocycles. The van der Waals surface area contributed by atoms with Gasteiger partial charge < -0.3 is 14.8 Å². The van der Waals surface area contributed by atoms with Crippen LogP contribution in [0.25, 0.3) is 0 Å². The normalized spacial score (nSPS) is 12.8. The van der Waals surface area contributed by atoms with Gasteiger partial charge in [-0.15, -0.1) is 11.3 Å². The molecule has 0 spiro atoms. The number of hydrogen-bond acceptors (Lipinski definition) is 4. The average Bonchev–Trinajstić information content (AvgIpc) is 2.75. The summed E-state index contributed by atoms with van der Waals surface area (Å²) in [5, 5.41) is 5.64. The zero-order chi connectivity index (χ0) is 13.2. The molecule has 1 heterocycles. The molecule has 18 heavy (non-hydrogen) atoms. The number of rotatable bonds is 10. The third-order valence-corrected chi connectivity index (χ3v) is 4.61. The molecule has 1 atom stereocenters. The molecule has 104 valence electrons. The van der Waals surface area contributed by atoms with Crippen molar-refractivity contribution in [2.45, 2.75) is 25.8 Å². The van der Waals surface area contributed by atoms with Crippen molar-refractivity contribution in [1.82, 2.24) is 5.32 Å². The van der Waals surface area contributed by atoms with Crippen LogP contribution in [0.3, 0.4) is 0 Å². The Bertz CT molecular complexity index is 320. The second-order valence-corrected chi connectivity index (χ2v) is 5.90. The zero-order valence-electron chi connectivity index (χ0n) is 11.1. The molecule has 1 aromatic rings. The molecule has 1 N–H and O–H groups in total. The molecule has 0 bridgehead atoms. The summed E-state index contributed by atoms with van der Waals surface area (Å²) in [6, 6.07) is 2.59. The van der Waals surface area contributed by atoms with E-state index in [1.54, 1.807) is 18.4 Å². The van der Waals surface area contributed by atoms with Crippen LogP contribution in [-0.4, -0.2) is 39.5 Å². The number of methoxy groups -OCH3 is 1. The van der Waals surface area contributed by atoms with Gasteiger partial charge in [-0.2, -0.15) is 0 Å². The fourth-order valence-corrected chi connectivity index (χ4v) is 3.33. The van der Waals surface area contributed by atoms with Gasteiger partial charge in [0.15, 0.2) is 0 Å². The van der Waals surface area contributed by atoms with Crippen LogP contribution < -0.4 is 5.32 Å². The molecule has 0 aliphatic carbocycles. The second-order valence-electron chi connectivity index (χ2n) is 4.04. The van der Waals surface area contributed by atoms with E-state index in [0.29, 0.717) is 19.3 Å². The molecule has 1 rings (SSSR count). The van der Waals surface area contributed by atoms with E-state index in [0.717, 1.165) is 26.0 Å². The van der Waals surface area contributed by atoms with Gasteiger partial charge in [0.2, 0.25) is 0 Å². The maximum absolute atomic E-state index is 5.53. The lowest BCUT2D eigenvalue weighted by Gasteiger charge is -2.17. The Morgan fingerprint density at radius 3 is 2.83 bits per heavy atom. The quantitative estimate of drug-likeness (QED) is 0.666. The summed E-state index contributed by atoms with van der Waals surface area (Å²) in [4.78, 5) is 1.40. The number of ether oxygens (including phenoxy) is 2. The predicted molar refractivity (Wildman–Crippen MR) is 80.5 cm³/mol. The van der Waals surface area contributed by atoms with E-state index in [-0.39, 0.29) is 0 Å². The Morgan fingerprint density at radius 1 is 1.39 bits per heavy atom. The molecular formula is C13H22BrNO2S. The molecule has 5 heteroatoms. The highest BCUT2D eigenvalue weighted by Gasteiger charge is 2.11. The highest BCUT2D eigenvalue weighted by atomic mass is 79.9. The monoisotopic (exact) mass is 335 g/mol. The Labute approximate surface area is 122 Å². The van der Waals surface area contributed by atoms with Crippen LogP contribution >= 0.6 is 27.3 Å². The number of thiophene rings is 1. The SMILES string of the molecule is CCNC(CCOCCOC)Cc1sccc1Br. The Kier molecular flexibility index (Phi) is 8.88. The largest absolute Gasteiger partial charge is 0.382 e. The van der Waals surface area contributed by atoms with Crippen molar-refractivity contribution >= 4 is 27.3 Å². The predicted octanol–water partition coefficient (Wildman–Crippen LogP) is 3.08. The smallest absolute Gasteiger partial charge is 0.0700 e. The fourth-order valence-electron chi connectivity index (χ4n) is 1.73. The maximum Gasteiger partial charge on any atom is 0.0700 e. The molecule has 0 aliphatic heterocycles. The van der Waals surface area contributed by atoms with Gasteiger partial charge in [-0.05, 0) is 46.8 Å². The first-order chi connectivity index (χ1) is 8.77. The van der Waals surface area contributed by atoms with Crippen molar-refractivity contribution in [2.24, 2.45) is 0 Å². The van der Waals surface area contributed by atoms with Crippen molar-refractivity contribution < 1.29 is 9.47 Å². The van der Waals surface area contributed by atoms with Gasteiger partial charge in [0, 0.05) is 29.1 Å². The minimum absolute atomic E-state index is 0.479. The Morgan fingerprint density at radius 2 is 2.22 bits per heavy atom. The van der Waals surface area contributed by atoms with Crippen molar-refractivity contribution in [3.05, 3.63) is 20.8 Å². The van der Waals surface area contributed by atoms with Gasteiger partial charge in [0.1, 0.15) is 0 Å². The van der Waals surface area contributed by atoms with Crippen molar-refractivity contribution in [2.75, 3.05) is 33.5 Å². The number of halogens is 1. The number of hydrogen-bond donors (Lipinski definition) is 1. The zero-order valence-corrected chi connectivity index (χ0v) is 13.5. The molecule has 1 unspecified atom stereocenters. The first-order valence-electron chi connectivity index (χ1n) is 6.29. The van der Waals surface area contributed by atoms with Gasteiger partial charge in [-0.1, -0.05) is 6.92 Å². The molecule has 0 fully saturated rings. The van der Waals surface area contributed by atoms with Crippen molar-refractivity contribution in [3.63, 3.8) is 0 Å². The van der Waals surface area contributed by atoms with Gasteiger partial charge in [-0.3, -0.25) is 0 Å². The van der Waals surface area contributed by atoms with Crippen molar-refractivity contribution in [3.8, 4) is 0 Å². The van der Waals surface area contributed by atoms with Crippen LogP contribution in [0.2, 0.25) is 0 Å². The van der Waals surface area contributed by atoms with Crippen molar-refractivity contribution in [1.29, 1.82) is 0 Å². The molecule has 0 aliphatic rings. The molecule has 0 radical (unpaired) electrons. The summed E-state index contributed by atoms with van der Waals surface area (Å²) in [6.45, 7) is 5.26. The minimum atomic E-state index is 0.479. The third kappa shape index (κ3) is 6.29. The third-order valence-electron chi connectivity index (χ3n) is 2.66. The van der Waals surface area contributed by atoms with Gasteiger partial charge >= 0.3 is 0 Å². The van der Waals surface area contributed by atoms with E-state index in [1.807, 2.05) is 0 Å². The van der Waals surface area contributed by atoms with E-state index >= 15 is 0 Å². The first kappa shape index (κ1) is 16.1. The van der Waals surface area contributed by atoms with Crippen LogP contribution in [0.4, 0.5) is 0 Å². The minimum Gasteiger partial charge on any atom is -0.382 e. The molecule has 0 aromatic carbocycles. The summed E-state index contributed by atoms with van der Waals surface area (Å²) in [7, 11) is 1.69. The lowest BCUT2D eigenvalue weighted by atomic mass is 10.1. The van der Waals surface area contributed by atoms with Crippen LogP contribution in [0.5, 0.6) is 0 Å². The number of nitrogens with one attached hydrogen (secondary N) is 1. The van der Waals surface area contributed by atoms with Crippen LogP contribution in [0, 0.1) is 0 Å². The highest BCUT2D eigenvalue weighted by Crippen LogP contribution is 2.24. The summed E-state index contributed by atoms with van der Waals surface area (Å²) in [5.74, 6) is 0. The molecule has 3 nitrogen and oxygen atoms in total. The molecule has 0 amide bonds. The van der Waals surface area contributed by atoms with E-state index < -0.39 is 0 Å². The maximum atomic E-state index is 5.53. The summed E-state index contributed by atoms with van der Waals surface area (Å²) >= 11 is 5.39. The average molecular weight is 336 g/mol. The van der Waals surface area contributed by atoms with E-state index in [1.165, 1.54) is 9.35 Å². The molecule has 1 aromatic heterocycles. The van der Waals surface area contributed by atoms with E-state index in [2.05, 4.69) is 39.6 Å². The Balaban J connectivity index is 2.29. The second kappa shape index (κ2) is 9.92.